The first kappa shape index (κ1) is 11.1. The minimum Gasteiger partial charge on any atom is -0.350 e. The smallest absolute Gasteiger partial charge is 0.195 e. The highest BCUT2D eigenvalue weighted by Crippen LogP contribution is 2.19. The summed E-state index contributed by atoms with van der Waals surface area (Å²) in [7, 11) is 0. The summed E-state index contributed by atoms with van der Waals surface area (Å²) in [4.78, 5) is 0. The molecule has 1 atom stereocenters. The van der Waals surface area contributed by atoms with E-state index in [1.165, 1.54) is 5.39 Å². The molecule has 83 valence electrons. The minimum absolute atomic E-state index is 0.426. The lowest BCUT2D eigenvalue weighted by molar-refractivity contribution is -0.134. The molecule has 0 heterocycles. The van der Waals surface area contributed by atoms with Gasteiger partial charge in [-0.25, -0.2) is 5.11 Å². The van der Waals surface area contributed by atoms with Crippen molar-refractivity contribution in [3.05, 3.63) is 48.0 Å². The zero-order chi connectivity index (χ0) is 11.4. The van der Waals surface area contributed by atoms with Crippen molar-refractivity contribution < 1.29 is 9.84 Å². The van der Waals surface area contributed by atoms with E-state index in [0.29, 0.717) is 13.0 Å². The molecule has 16 heavy (non-hydrogen) atoms. The van der Waals surface area contributed by atoms with Gasteiger partial charge in [0.2, 0.25) is 0 Å². The van der Waals surface area contributed by atoms with Crippen molar-refractivity contribution in [3.8, 4) is 0 Å². The molecule has 0 aliphatic heterocycles. The molecule has 0 bridgehead atoms. The van der Waals surface area contributed by atoms with Gasteiger partial charge in [-0.2, -0.15) is 0 Å². The van der Waals surface area contributed by atoms with Gasteiger partial charge in [-0.3, -0.25) is 0 Å². The molecule has 0 aliphatic rings. The largest absolute Gasteiger partial charge is 0.350 e. The van der Waals surface area contributed by atoms with Crippen LogP contribution in [0.15, 0.2) is 42.5 Å². The average Bonchev–Trinajstić information content (AvgIpc) is 2.30. The summed E-state index contributed by atoms with van der Waals surface area (Å²) in [5, 5.41) is 13.8. The molecule has 0 amide bonds. The molecule has 2 rings (SSSR count). The number of ether oxygens (including phenoxy) is 1. The maximum atomic E-state index is 11.5. The summed E-state index contributed by atoms with van der Waals surface area (Å²) in [6.07, 6.45) is -0.536. The van der Waals surface area contributed by atoms with Crippen LogP contribution in [0, 0.1) is 0 Å². The number of rotatable bonds is 4. The van der Waals surface area contributed by atoms with Crippen molar-refractivity contribution in [2.24, 2.45) is 0 Å². The number of hydrogen-bond donors (Lipinski definition) is 0. The Kier molecular flexibility index (Phi) is 3.54. The van der Waals surface area contributed by atoms with Crippen LogP contribution in [-0.2, 0) is 16.3 Å². The van der Waals surface area contributed by atoms with E-state index in [9.17, 15) is 5.11 Å². The second-order valence-electron chi connectivity index (χ2n) is 3.73. The first-order chi connectivity index (χ1) is 7.81. The van der Waals surface area contributed by atoms with Crippen LogP contribution in [0.4, 0.5) is 0 Å². The molecule has 0 spiro atoms. The molecule has 0 aliphatic carbocycles. The van der Waals surface area contributed by atoms with Crippen molar-refractivity contribution in [3.63, 3.8) is 0 Å². The van der Waals surface area contributed by atoms with Gasteiger partial charge < -0.3 is 4.74 Å². The van der Waals surface area contributed by atoms with E-state index in [2.05, 4.69) is 12.1 Å². The quantitative estimate of drug-likeness (QED) is 0.720. The molecule has 2 nitrogen and oxygen atoms in total. The highest BCUT2D eigenvalue weighted by atomic mass is 16.6. The summed E-state index contributed by atoms with van der Waals surface area (Å²) in [5.41, 5.74) is 1.06. The molecule has 0 saturated carbocycles. The molecule has 0 saturated heterocycles. The Balaban J connectivity index is 2.30. The van der Waals surface area contributed by atoms with Gasteiger partial charge in [-0.15, -0.1) is 0 Å². The SMILES string of the molecule is CCOC([O])Cc1cccc2ccccc12. The highest BCUT2D eigenvalue weighted by Gasteiger charge is 2.08. The standard InChI is InChI=1S/C14H15O2/c1-2-16-14(15)10-12-8-5-7-11-6-3-4-9-13(11)12/h3-9,14H,2,10H2,1H3. The first-order valence-electron chi connectivity index (χ1n) is 5.55. The van der Waals surface area contributed by atoms with Gasteiger partial charge in [0, 0.05) is 13.0 Å². The molecule has 0 N–H and O–H groups in total. The van der Waals surface area contributed by atoms with E-state index in [1.807, 2.05) is 37.3 Å². The zero-order valence-electron chi connectivity index (χ0n) is 9.35. The summed E-state index contributed by atoms with van der Waals surface area (Å²) in [6.45, 7) is 2.31. The summed E-state index contributed by atoms with van der Waals surface area (Å²) in [5.74, 6) is 0. The summed E-state index contributed by atoms with van der Waals surface area (Å²) >= 11 is 0. The van der Waals surface area contributed by atoms with Crippen LogP contribution < -0.4 is 0 Å². The lowest BCUT2D eigenvalue weighted by Crippen LogP contribution is -2.13. The van der Waals surface area contributed by atoms with Crippen LogP contribution in [0.25, 0.3) is 10.8 Å². The van der Waals surface area contributed by atoms with E-state index in [0.717, 1.165) is 10.9 Å². The molecule has 1 radical (unpaired) electrons. The van der Waals surface area contributed by atoms with Crippen LogP contribution in [0.5, 0.6) is 0 Å². The monoisotopic (exact) mass is 215 g/mol. The minimum atomic E-state index is -0.962. The third kappa shape index (κ3) is 2.40. The van der Waals surface area contributed by atoms with E-state index in [-0.39, 0.29) is 0 Å². The number of fused-ring (bicyclic) bond motifs is 1. The molecule has 0 fully saturated rings. The highest BCUT2D eigenvalue weighted by molar-refractivity contribution is 5.85. The van der Waals surface area contributed by atoms with Crippen molar-refractivity contribution >= 4 is 10.8 Å². The first-order valence-corrected chi connectivity index (χ1v) is 5.55. The lowest BCUT2D eigenvalue weighted by atomic mass is 10.0. The van der Waals surface area contributed by atoms with Gasteiger partial charge in [0.25, 0.3) is 0 Å². The van der Waals surface area contributed by atoms with Crippen LogP contribution in [0.1, 0.15) is 12.5 Å². The lowest BCUT2D eigenvalue weighted by Gasteiger charge is -2.10. The fourth-order valence-electron chi connectivity index (χ4n) is 1.89. The second kappa shape index (κ2) is 5.10. The van der Waals surface area contributed by atoms with Gasteiger partial charge in [-0.05, 0) is 23.3 Å². The fraction of sp³-hybridized carbons (Fsp3) is 0.286. The van der Waals surface area contributed by atoms with Gasteiger partial charge in [0.1, 0.15) is 0 Å². The molecule has 2 heteroatoms. The third-order valence-corrected chi connectivity index (χ3v) is 2.62. The average molecular weight is 215 g/mol. The van der Waals surface area contributed by atoms with Crippen molar-refractivity contribution in [2.75, 3.05) is 6.61 Å². The van der Waals surface area contributed by atoms with Gasteiger partial charge >= 0.3 is 0 Å². The van der Waals surface area contributed by atoms with E-state index in [1.54, 1.807) is 0 Å². The second-order valence-corrected chi connectivity index (χ2v) is 3.73. The maximum Gasteiger partial charge on any atom is 0.195 e. The fourth-order valence-corrected chi connectivity index (χ4v) is 1.89. The Labute approximate surface area is 95.5 Å². The van der Waals surface area contributed by atoms with Crippen molar-refractivity contribution in [1.82, 2.24) is 0 Å². The predicted molar refractivity (Wildman–Crippen MR) is 63.8 cm³/mol. The van der Waals surface area contributed by atoms with E-state index >= 15 is 0 Å². The summed E-state index contributed by atoms with van der Waals surface area (Å²) < 4.78 is 5.04. The van der Waals surface area contributed by atoms with E-state index < -0.39 is 6.29 Å². The number of benzene rings is 2. The molecule has 2 aromatic carbocycles. The van der Waals surface area contributed by atoms with Crippen LogP contribution in [-0.4, -0.2) is 12.9 Å². The Hall–Kier alpha value is -1.38. The topological polar surface area (TPSA) is 29.1 Å². The van der Waals surface area contributed by atoms with Gasteiger partial charge in [0.15, 0.2) is 6.29 Å². The summed E-state index contributed by atoms with van der Waals surface area (Å²) in [6, 6.07) is 14.1. The van der Waals surface area contributed by atoms with Crippen molar-refractivity contribution in [2.45, 2.75) is 19.6 Å². The van der Waals surface area contributed by atoms with Crippen LogP contribution >= 0.6 is 0 Å². The van der Waals surface area contributed by atoms with Gasteiger partial charge in [0.05, 0.1) is 0 Å². The molecule has 0 aromatic heterocycles. The maximum absolute atomic E-state index is 11.5. The Bertz CT molecular complexity index is 460. The Morgan fingerprint density at radius 1 is 1.12 bits per heavy atom. The van der Waals surface area contributed by atoms with E-state index in [4.69, 9.17) is 4.74 Å². The normalized spacial score (nSPS) is 12.9. The Morgan fingerprint density at radius 3 is 2.69 bits per heavy atom. The number of hydrogen-bond acceptors (Lipinski definition) is 1. The predicted octanol–water partition coefficient (Wildman–Crippen LogP) is 3.18. The zero-order valence-corrected chi connectivity index (χ0v) is 9.35. The van der Waals surface area contributed by atoms with Crippen LogP contribution in [0.2, 0.25) is 0 Å². The third-order valence-electron chi connectivity index (χ3n) is 2.62. The molecule has 2 aromatic rings. The molecular formula is C14H15O2. The van der Waals surface area contributed by atoms with Crippen molar-refractivity contribution in [1.29, 1.82) is 0 Å². The molecule has 1 unspecified atom stereocenters. The molecular weight excluding hydrogens is 200 g/mol. The van der Waals surface area contributed by atoms with Crippen LogP contribution in [0.3, 0.4) is 0 Å². The van der Waals surface area contributed by atoms with Gasteiger partial charge in [-0.1, -0.05) is 42.5 Å². The Morgan fingerprint density at radius 2 is 1.88 bits per heavy atom.